The Morgan fingerprint density at radius 3 is 2.44 bits per heavy atom. The number of carbonyl (C=O) groups is 1. The van der Waals surface area contributed by atoms with E-state index >= 15 is 0 Å². The molecule has 0 fully saturated rings. The molecule has 2 aromatic carbocycles. The van der Waals surface area contributed by atoms with Crippen molar-refractivity contribution in [3.05, 3.63) is 71.0 Å². The monoisotopic (exact) mass is 351 g/mol. The molecule has 0 spiro atoms. The van der Waals surface area contributed by atoms with Crippen LogP contribution in [0.1, 0.15) is 34.2 Å². The van der Waals surface area contributed by atoms with Gasteiger partial charge in [-0.25, -0.2) is 0 Å². The van der Waals surface area contributed by atoms with E-state index in [2.05, 4.69) is 30.1 Å². The van der Waals surface area contributed by atoms with E-state index in [0.29, 0.717) is 5.75 Å². The number of aromatic nitrogens is 3. The van der Waals surface area contributed by atoms with E-state index in [1.54, 1.807) is 0 Å². The second-order valence-electron chi connectivity index (χ2n) is 5.91. The molecule has 0 bridgehead atoms. The van der Waals surface area contributed by atoms with Gasteiger partial charge in [-0.05, 0) is 37.5 Å². The number of hydrogen-bond acceptors (Lipinski definition) is 4. The van der Waals surface area contributed by atoms with Gasteiger partial charge in [-0.15, -0.1) is 10.2 Å². The standard InChI is InChI=1S/C20H21N3OS/c1-4-16-9-11-17(12-10-16)19(24)13-25-20-22-21-15(3)23(20)18-8-6-5-7-14(18)2/h5-12H,4,13H2,1-3H3. The second kappa shape index (κ2) is 7.66. The highest BCUT2D eigenvalue weighted by atomic mass is 32.2. The highest BCUT2D eigenvalue weighted by Crippen LogP contribution is 2.24. The minimum absolute atomic E-state index is 0.102. The fourth-order valence-corrected chi connectivity index (χ4v) is 3.55. The molecule has 0 aliphatic rings. The van der Waals surface area contributed by atoms with Gasteiger partial charge in [0, 0.05) is 5.56 Å². The van der Waals surface area contributed by atoms with Crippen LogP contribution in [0.3, 0.4) is 0 Å². The summed E-state index contributed by atoms with van der Waals surface area (Å²) in [6.45, 7) is 6.09. The zero-order valence-electron chi connectivity index (χ0n) is 14.7. The molecule has 0 amide bonds. The SMILES string of the molecule is CCc1ccc(C(=O)CSc2nnc(C)n2-c2ccccc2C)cc1. The van der Waals surface area contributed by atoms with Crippen molar-refractivity contribution < 1.29 is 4.79 Å². The average Bonchev–Trinajstić information content (AvgIpc) is 3.00. The summed E-state index contributed by atoms with van der Waals surface area (Å²) in [5.41, 5.74) is 4.17. The zero-order chi connectivity index (χ0) is 17.8. The van der Waals surface area contributed by atoms with Crippen LogP contribution in [0.4, 0.5) is 0 Å². The van der Waals surface area contributed by atoms with Crippen LogP contribution in [0.5, 0.6) is 0 Å². The smallest absolute Gasteiger partial charge is 0.196 e. The zero-order valence-corrected chi connectivity index (χ0v) is 15.5. The molecule has 0 unspecified atom stereocenters. The maximum absolute atomic E-state index is 12.5. The Balaban J connectivity index is 1.78. The van der Waals surface area contributed by atoms with Crippen molar-refractivity contribution in [1.82, 2.24) is 14.8 Å². The number of thioether (sulfide) groups is 1. The van der Waals surface area contributed by atoms with Gasteiger partial charge < -0.3 is 0 Å². The average molecular weight is 351 g/mol. The summed E-state index contributed by atoms with van der Waals surface area (Å²) in [5.74, 6) is 1.26. The Labute approximate surface area is 152 Å². The summed E-state index contributed by atoms with van der Waals surface area (Å²) in [6.07, 6.45) is 0.974. The van der Waals surface area contributed by atoms with Crippen LogP contribution >= 0.6 is 11.8 Å². The summed E-state index contributed by atoms with van der Waals surface area (Å²) in [6, 6.07) is 15.9. The Kier molecular flexibility index (Phi) is 5.34. The van der Waals surface area contributed by atoms with Crippen molar-refractivity contribution in [2.45, 2.75) is 32.3 Å². The summed E-state index contributed by atoms with van der Waals surface area (Å²) < 4.78 is 2.01. The van der Waals surface area contributed by atoms with Crippen LogP contribution in [0, 0.1) is 13.8 Å². The first kappa shape index (κ1) is 17.4. The molecule has 25 heavy (non-hydrogen) atoms. The summed E-state index contributed by atoms with van der Waals surface area (Å²) in [5, 5.41) is 9.18. The number of nitrogens with zero attached hydrogens (tertiary/aromatic N) is 3. The van der Waals surface area contributed by atoms with E-state index in [1.165, 1.54) is 17.3 Å². The van der Waals surface area contributed by atoms with E-state index in [-0.39, 0.29) is 5.78 Å². The van der Waals surface area contributed by atoms with Crippen LogP contribution in [-0.4, -0.2) is 26.3 Å². The molecule has 5 heteroatoms. The van der Waals surface area contributed by atoms with Crippen molar-refractivity contribution in [1.29, 1.82) is 0 Å². The van der Waals surface area contributed by atoms with Crippen LogP contribution < -0.4 is 0 Å². The molecule has 0 aliphatic heterocycles. The van der Waals surface area contributed by atoms with Crippen LogP contribution in [0.15, 0.2) is 53.7 Å². The maximum Gasteiger partial charge on any atom is 0.196 e. The second-order valence-corrected chi connectivity index (χ2v) is 6.86. The van der Waals surface area contributed by atoms with E-state index in [9.17, 15) is 4.79 Å². The molecule has 1 heterocycles. The third-order valence-electron chi connectivity index (χ3n) is 4.17. The number of benzene rings is 2. The maximum atomic E-state index is 12.5. The molecule has 0 aliphatic carbocycles. The number of rotatable bonds is 6. The quantitative estimate of drug-likeness (QED) is 0.487. The number of ketones is 1. The van der Waals surface area contributed by atoms with Crippen LogP contribution in [0.2, 0.25) is 0 Å². The molecule has 0 N–H and O–H groups in total. The predicted octanol–water partition coefficient (Wildman–Crippen LogP) is 4.42. The van der Waals surface area contributed by atoms with Crippen LogP contribution in [-0.2, 0) is 6.42 Å². The van der Waals surface area contributed by atoms with Gasteiger partial charge >= 0.3 is 0 Å². The number of carbonyl (C=O) groups excluding carboxylic acids is 1. The molecule has 3 rings (SSSR count). The minimum Gasteiger partial charge on any atom is -0.293 e. The fourth-order valence-electron chi connectivity index (χ4n) is 2.67. The van der Waals surface area contributed by atoms with E-state index in [4.69, 9.17) is 0 Å². The molecule has 3 aromatic rings. The number of hydrogen-bond donors (Lipinski definition) is 0. The molecule has 1 aromatic heterocycles. The Bertz CT molecular complexity index is 884. The van der Waals surface area contributed by atoms with Gasteiger partial charge in [-0.1, -0.05) is 61.2 Å². The molecule has 0 saturated heterocycles. The first-order valence-electron chi connectivity index (χ1n) is 8.33. The van der Waals surface area contributed by atoms with Crippen molar-refractivity contribution in [3.63, 3.8) is 0 Å². The first-order valence-corrected chi connectivity index (χ1v) is 9.31. The highest BCUT2D eigenvalue weighted by Gasteiger charge is 2.15. The summed E-state index contributed by atoms with van der Waals surface area (Å²) >= 11 is 1.42. The minimum atomic E-state index is 0.102. The molecule has 128 valence electrons. The van der Waals surface area contributed by atoms with E-state index in [1.807, 2.05) is 54.0 Å². The third kappa shape index (κ3) is 3.82. The van der Waals surface area contributed by atoms with Crippen molar-refractivity contribution in [2.75, 3.05) is 5.75 Å². The van der Waals surface area contributed by atoms with Crippen molar-refractivity contribution >= 4 is 17.5 Å². The highest BCUT2D eigenvalue weighted by molar-refractivity contribution is 7.99. The largest absolute Gasteiger partial charge is 0.293 e. The summed E-state index contributed by atoms with van der Waals surface area (Å²) in [7, 11) is 0. The van der Waals surface area contributed by atoms with Crippen LogP contribution in [0.25, 0.3) is 5.69 Å². The Morgan fingerprint density at radius 1 is 1.04 bits per heavy atom. The lowest BCUT2D eigenvalue weighted by atomic mass is 10.1. The molecule has 0 atom stereocenters. The number of Topliss-reactive ketones (excluding diaryl/α,β-unsaturated/α-hetero) is 1. The topological polar surface area (TPSA) is 47.8 Å². The van der Waals surface area contributed by atoms with Crippen molar-refractivity contribution in [2.24, 2.45) is 0 Å². The molecular weight excluding hydrogens is 330 g/mol. The van der Waals surface area contributed by atoms with Gasteiger partial charge in [0.25, 0.3) is 0 Å². The lowest BCUT2D eigenvalue weighted by molar-refractivity contribution is 0.102. The van der Waals surface area contributed by atoms with Gasteiger partial charge in [0.2, 0.25) is 0 Å². The molecule has 0 radical (unpaired) electrons. The first-order chi connectivity index (χ1) is 12.1. The molecule has 4 nitrogen and oxygen atoms in total. The summed E-state index contributed by atoms with van der Waals surface area (Å²) in [4.78, 5) is 12.5. The Hall–Kier alpha value is -2.40. The number of para-hydroxylation sites is 1. The van der Waals surface area contributed by atoms with Gasteiger partial charge in [-0.3, -0.25) is 9.36 Å². The molecule has 0 saturated carbocycles. The van der Waals surface area contributed by atoms with Gasteiger partial charge in [0.1, 0.15) is 5.82 Å². The predicted molar refractivity (Wildman–Crippen MR) is 102 cm³/mol. The molecular formula is C20H21N3OS. The normalized spacial score (nSPS) is 10.8. The van der Waals surface area contributed by atoms with Gasteiger partial charge in [0.15, 0.2) is 10.9 Å². The van der Waals surface area contributed by atoms with Crippen molar-refractivity contribution in [3.8, 4) is 5.69 Å². The lowest BCUT2D eigenvalue weighted by Crippen LogP contribution is -2.05. The Morgan fingerprint density at radius 2 is 1.76 bits per heavy atom. The van der Waals surface area contributed by atoms with Gasteiger partial charge in [-0.2, -0.15) is 0 Å². The van der Waals surface area contributed by atoms with E-state index in [0.717, 1.165) is 34.2 Å². The fraction of sp³-hybridized carbons (Fsp3) is 0.250. The van der Waals surface area contributed by atoms with Gasteiger partial charge in [0.05, 0.1) is 11.4 Å². The van der Waals surface area contributed by atoms with E-state index < -0.39 is 0 Å². The number of aryl methyl sites for hydroxylation is 3. The lowest BCUT2D eigenvalue weighted by Gasteiger charge is -2.11. The third-order valence-corrected chi connectivity index (χ3v) is 5.10.